The quantitative estimate of drug-likeness (QED) is 0.819. The fourth-order valence-corrected chi connectivity index (χ4v) is 3.22. The molecule has 4 heteroatoms. The number of nitrogens with zero attached hydrogens (tertiary/aromatic N) is 1. The summed E-state index contributed by atoms with van der Waals surface area (Å²) >= 11 is 0. The van der Waals surface area contributed by atoms with Crippen molar-refractivity contribution in [3.8, 4) is 0 Å². The van der Waals surface area contributed by atoms with Crippen LogP contribution in [0.15, 0.2) is 0 Å². The molecule has 0 aromatic heterocycles. The van der Waals surface area contributed by atoms with Gasteiger partial charge in [-0.05, 0) is 51.0 Å². The van der Waals surface area contributed by atoms with Crippen LogP contribution in [0.2, 0.25) is 0 Å². The van der Waals surface area contributed by atoms with Crippen molar-refractivity contribution >= 4 is 18.3 Å². The number of likely N-dealkylation sites (tertiary alicyclic amines) is 1. The normalized spacial score (nSPS) is 30.1. The second-order valence-electron chi connectivity index (χ2n) is 5.64. The molecule has 3 aliphatic rings. The van der Waals surface area contributed by atoms with E-state index in [4.69, 9.17) is 0 Å². The van der Waals surface area contributed by atoms with Gasteiger partial charge >= 0.3 is 0 Å². The Hall–Kier alpha value is -0.280. The highest BCUT2D eigenvalue weighted by Crippen LogP contribution is 2.33. The van der Waals surface area contributed by atoms with Gasteiger partial charge in [0.05, 0.1) is 0 Å². The third kappa shape index (κ3) is 2.94. The number of nitrogens with one attached hydrogen (secondary N) is 1. The van der Waals surface area contributed by atoms with E-state index in [9.17, 15) is 4.79 Å². The largest absolute Gasteiger partial charge is 0.342 e. The van der Waals surface area contributed by atoms with Crippen LogP contribution in [0.1, 0.15) is 38.5 Å². The van der Waals surface area contributed by atoms with Gasteiger partial charge in [-0.1, -0.05) is 0 Å². The minimum atomic E-state index is 0. The second kappa shape index (κ2) is 5.57. The number of hydrogen-bond acceptors (Lipinski definition) is 2. The van der Waals surface area contributed by atoms with E-state index in [-0.39, 0.29) is 12.4 Å². The first-order valence-electron chi connectivity index (χ1n) is 6.87. The van der Waals surface area contributed by atoms with Crippen molar-refractivity contribution in [1.29, 1.82) is 0 Å². The lowest BCUT2D eigenvalue weighted by molar-refractivity contribution is -0.134. The molecule has 98 valence electrons. The van der Waals surface area contributed by atoms with E-state index < -0.39 is 0 Å². The number of rotatable bonds is 2. The summed E-state index contributed by atoms with van der Waals surface area (Å²) in [6.07, 6.45) is 7.41. The SMILES string of the molecule is Cl.O=C(C1CC1)N1CCC(C2CCCN2)CC1. The molecule has 2 heterocycles. The first-order chi connectivity index (χ1) is 7.84. The molecule has 17 heavy (non-hydrogen) atoms. The summed E-state index contributed by atoms with van der Waals surface area (Å²) in [4.78, 5) is 14.0. The molecule has 1 amide bonds. The molecular formula is C13H23ClN2O. The monoisotopic (exact) mass is 258 g/mol. The lowest BCUT2D eigenvalue weighted by atomic mass is 9.88. The summed E-state index contributed by atoms with van der Waals surface area (Å²) in [5.74, 6) is 1.67. The molecule has 0 radical (unpaired) electrons. The summed E-state index contributed by atoms with van der Waals surface area (Å²) in [7, 11) is 0. The molecule has 1 unspecified atom stereocenters. The Labute approximate surface area is 110 Å². The van der Waals surface area contributed by atoms with Gasteiger partial charge in [0.1, 0.15) is 0 Å². The molecule has 1 N–H and O–H groups in total. The number of piperidine rings is 1. The molecule has 3 rings (SSSR count). The number of halogens is 1. The lowest BCUT2D eigenvalue weighted by Crippen LogP contribution is -2.43. The predicted octanol–water partition coefficient (Wildman–Crippen LogP) is 1.81. The molecule has 0 bridgehead atoms. The Kier molecular flexibility index (Phi) is 4.31. The first-order valence-corrected chi connectivity index (χ1v) is 6.87. The summed E-state index contributed by atoms with van der Waals surface area (Å²) in [6.45, 7) is 3.22. The van der Waals surface area contributed by atoms with Gasteiger partial charge in [-0.3, -0.25) is 4.79 Å². The van der Waals surface area contributed by atoms with Crippen molar-refractivity contribution in [2.75, 3.05) is 19.6 Å². The smallest absolute Gasteiger partial charge is 0.225 e. The predicted molar refractivity (Wildman–Crippen MR) is 70.3 cm³/mol. The van der Waals surface area contributed by atoms with Crippen LogP contribution in [0.5, 0.6) is 0 Å². The fraction of sp³-hybridized carbons (Fsp3) is 0.923. The van der Waals surface area contributed by atoms with Crippen molar-refractivity contribution in [2.24, 2.45) is 11.8 Å². The topological polar surface area (TPSA) is 32.3 Å². The zero-order valence-corrected chi connectivity index (χ0v) is 11.2. The molecule has 0 aromatic rings. The third-order valence-corrected chi connectivity index (χ3v) is 4.45. The first kappa shape index (κ1) is 13.2. The Morgan fingerprint density at radius 2 is 1.76 bits per heavy atom. The standard InChI is InChI=1S/C13H22N2O.ClH/c16-13(11-3-4-11)15-8-5-10(6-9-15)12-2-1-7-14-12;/h10-12,14H,1-9H2;1H. The highest BCUT2D eigenvalue weighted by molar-refractivity contribution is 5.85. The van der Waals surface area contributed by atoms with Gasteiger partial charge in [-0.25, -0.2) is 0 Å². The fourth-order valence-electron chi connectivity index (χ4n) is 3.22. The van der Waals surface area contributed by atoms with Crippen LogP contribution >= 0.6 is 12.4 Å². The van der Waals surface area contributed by atoms with Gasteiger partial charge in [0.2, 0.25) is 5.91 Å². The molecule has 0 spiro atoms. The highest BCUT2D eigenvalue weighted by atomic mass is 35.5. The minimum absolute atomic E-state index is 0. The van der Waals surface area contributed by atoms with Crippen molar-refractivity contribution in [1.82, 2.24) is 10.2 Å². The molecule has 1 aliphatic carbocycles. The van der Waals surface area contributed by atoms with Gasteiger partial charge in [0.25, 0.3) is 0 Å². The summed E-state index contributed by atoms with van der Waals surface area (Å²) in [5, 5.41) is 3.60. The van der Waals surface area contributed by atoms with Crippen molar-refractivity contribution in [2.45, 2.75) is 44.6 Å². The number of amides is 1. The van der Waals surface area contributed by atoms with E-state index in [0.29, 0.717) is 11.8 Å². The van der Waals surface area contributed by atoms with E-state index in [1.165, 1.54) is 32.2 Å². The van der Waals surface area contributed by atoms with Crippen LogP contribution < -0.4 is 5.32 Å². The molecule has 1 saturated carbocycles. The van der Waals surface area contributed by atoms with Crippen LogP contribution in [0.25, 0.3) is 0 Å². The highest BCUT2D eigenvalue weighted by Gasteiger charge is 2.36. The van der Waals surface area contributed by atoms with Crippen molar-refractivity contribution < 1.29 is 4.79 Å². The van der Waals surface area contributed by atoms with Gasteiger partial charge in [0.15, 0.2) is 0 Å². The minimum Gasteiger partial charge on any atom is -0.342 e. The van der Waals surface area contributed by atoms with Gasteiger partial charge in [-0.2, -0.15) is 0 Å². The Morgan fingerprint density at radius 3 is 2.29 bits per heavy atom. The molecule has 0 aromatic carbocycles. The maximum atomic E-state index is 11.9. The van der Waals surface area contributed by atoms with Gasteiger partial charge in [0, 0.05) is 25.0 Å². The molecule has 2 saturated heterocycles. The van der Waals surface area contributed by atoms with E-state index in [1.807, 2.05) is 0 Å². The lowest BCUT2D eigenvalue weighted by Gasteiger charge is -2.35. The van der Waals surface area contributed by atoms with Gasteiger partial charge < -0.3 is 10.2 Å². The zero-order chi connectivity index (χ0) is 11.0. The average Bonchev–Trinajstić information content (AvgIpc) is 3.04. The van der Waals surface area contributed by atoms with Crippen LogP contribution in [0.4, 0.5) is 0 Å². The Balaban J connectivity index is 0.00000108. The van der Waals surface area contributed by atoms with Crippen LogP contribution in [-0.4, -0.2) is 36.5 Å². The number of carbonyl (C=O) groups excluding carboxylic acids is 1. The molecular weight excluding hydrogens is 236 g/mol. The number of hydrogen-bond donors (Lipinski definition) is 1. The molecule has 1 atom stereocenters. The summed E-state index contributed by atoms with van der Waals surface area (Å²) < 4.78 is 0. The summed E-state index contributed by atoms with van der Waals surface area (Å²) in [6, 6.07) is 0.748. The van der Waals surface area contributed by atoms with Crippen LogP contribution in [0.3, 0.4) is 0 Å². The molecule has 3 nitrogen and oxygen atoms in total. The van der Waals surface area contributed by atoms with E-state index in [1.54, 1.807) is 0 Å². The number of carbonyl (C=O) groups is 1. The molecule has 2 aliphatic heterocycles. The van der Waals surface area contributed by atoms with E-state index in [2.05, 4.69) is 10.2 Å². The second-order valence-corrected chi connectivity index (χ2v) is 5.64. The van der Waals surface area contributed by atoms with Crippen LogP contribution in [-0.2, 0) is 4.79 Å². The van der Waals surface area contributed by atoms with E-state index in [0.717, 1.165) is 37.9 Å². The Bertz CT molecular complexity index is 267. The average molecular weight is 259 g/mol. The van der Waals surface area contributed by atoms with Crippen molar-refractivity contribution in [3.05, 3.63) is 0 Å². The third-order valence-electron chi connectivity index (χ3n) is 4.45. The zero-order valence-electron chi connectivity index (χ0n) is 10.4. The van der Waals surface area contributed by atoms with Gasteiger partial charge in [-0.15, -0.1) is 12.4 Å². The Morgan fingerprint density at radius 1 is 1.06 bits per heavy atom. The van der Waals surface area contributed by atoms with E-state index >= 15 is 0 Å². The maximum absolute atomic E-state index is 11.9. The molecule has 3 fully saturated rings. The summed E-state index contributed by atoms with van der Waals surface area (Å²) in [5.41, 5.74) is 0. The van der Waals surface area contributed by atoms with Crippen LogP contribution in [0, 0.1) is 11.8 Å². The van der Waals surface area contributed by atoms with Crippen molar-refractivity contribution in [3.63, 3.8) is 0 Å². The maximum Gasteiger partial charge on any atom is 0.225 e.